The van der Waals surface area contributed by atoms with Crippen LogP contribution in [0.2, 0.25) is 5.02 Å². The highest BCUT2D eigenvalue weighted by Crippen LogP contribution is 2.32. The third kappa shape index (κ3) is 4.46. The van der Waals surface area contributed by atoms with Crippen molar-refractivity contribution >= 4 is 39.1 Å². The maximum Gasteiger partial charge on any atom is 0.255 e. The number of amides is 2. The van der Waals surface area contributed by atoms with Crippen molar-refractivity contribution in [1.82, 2.24) is 9.80 Å². The molecule has 0 aliphatic carbocycles. The van der Waals surface area contributed by atoms with Gasteiger partial charge >= 0.3 is 0 Å². The van der Waals surface area contributed by atoms with E-state index in [9.17, 15) is 18.0 Å². The predicted molar refractivity (Wildman–Crippen MR) is 120 cm³/mol. The molecule has 2 fully saturated rings. The van der Waals surface area contributed by atoms with E-state index >= 15 is 0 Å². The van der Waals surface area contributed by atoms with Crippen molar-refractivity contribution in [2.75, 3.05) is 36.2 Å². The Morgan fingerprint density at radius 2 is 1.74 bits per heavy atom. The van der Waals surface area contributed by atoms with E-state index in [1.165, 1.54) is 23.8 Å². The summed E-state index contributed by atoms with van der Waals surface area (Å²) in [7, 11) is -3.72. The van der Waals surface area contributed by atoms with Crippen LogP contribution in [0.5, 0.6) is 0 Å². The number of benzene rings is 2. The zero-order valence-electron chi connectivity index (χ0n) is 17.2. The summed E-state index contributed by atoms with van der Waals surface area (Å²) in [6.45, 7) is 5.11. The van der Waals surface area contributed by atoms with Crippen LogP contribution >= 0.6 is 11.6 Å². The number of anilines is 1. The van der Waals surface area contributed by atoms with Gasteiger partial charge in [-0.25, -0.2) is 12.7 Å². The number of hydrogen-bond donors (Lipinski definition) is 0. The highest BCUT2D eigenvalue weighted by atomic mass is 35.5. The van der Waals surface area contributed by atoms with E-state index in [2.05, 4.69) is 17.0 Å². The molecule has 9 heteroatoms. The topological polar surface area (TPSA) is 78.0 Å². The lowest BCUT2D eigenvalue weighted by Crippen LogP contribution is -2.48. The molecular formula is C22H24ClN3O4S. The SMILES string of the molecule is CC1CS(=O)(=O)N(c2ccc(C(=O)N3CCN(Cc4ccccc4)CC3)c(Cl)c2)C1=O. The number of halogens is 1. The molecule has 164 valence electrons. The summed E-state index contributed by atoms with van der Waals surface area (Å²) < 4.78 is 25.4. The molecule has 0 bridgehead atoms. The van der Waals surface area contributed by atoms with Crippen LogP contribution in [0.1, 0.15) is 22.8 Å². The number of hydrogen-bond acceptors (Lipinski definition) is 5. The highest BCUT2D eigenvalue weighted by Gasteiger charge is 2.42. The molecule has 7 nitrogen and oxygen atoms in total. The summed E-state index contributed by atoms with van der Waals surface area (Å²) >= 11 is 6.34. The quantitative estimate of drug-likeness (QED) is 0.699. The number of sulfonamides is 1. The molecule has 4 rings (SSSR count). The Hall–Kier alpha value is -2.42. The monoisotopic (exact) mass is 461 g/mol. The minimum atomic E-state index is -3.72. The van der Waals surface area contributed by atoms with E-state index in [1.54, 1.807) is 11.8 Å². The molecule has 1 unspecified atom stereocenters. The molecule has 2 heterocycles. The highest BCUT2D eigenvalue weighted by molar-refractivity contribution is 7.94. The normalized spacial score (nSPS) is 21.5. The first-order valence-corrected chi connectivity index (χ1v) is 12.2. The Labute approximate surface area is 187 Å². The largest absolute Gasteiger partial charge is 0.336 e. The molecule has 0 radical (unpaired) electrons. The number of piperazine rings is 1. The summed E-state index contributed by atoms with van der Waals surface area (Å²) in [5.74, 6) is -1.50. The minimum absolute atomic E-state index is 0.136. The molecule has 2 amide bonds. The van der Waals surface area contributed by atoms with Crippen LogP contribution < -0.4 is 4.31 Å². The maximum atomic E-state index is 13.0. The van der Waals surface area contributed by atoms with Crippen LogP contribution in [0.3, 0.4) is 0 Å². The Morgan fingerprint density at radius 3 is 2.32 bits per heavy atom. The zero-order chi connectivity index (χ0) is 22.2. The van der Waals surface area contributed by atoms with Gasteiger partial charge in [-0.1, -0.05) is 48.9 Å². The van der Waals surface area contributed by atoms with Gasteiger partial charge in [0.05, 0.1) is 27.9 Å². The van der Waals surface area contributed by atoms with Crippen LogP contribution in [0.15, 0.2) is 48.5 Å². The Morgan fingerprint density at radius 1 is 1.06 bits per heavy atom. The number of rotatable bonds is 4. The smallest absolute Gasteiger partial charge is 0.255 e. The van der Waals surface area contributed by atoms with Gasteiger partial charge in [-0.2, -0.15) is 0 Å². The van der Waals surface area contributed by atoms with Crippen molar-refractivity contribution in [3.8, 4) is 0 Å². The maximum absolute atomic E-state index is 13.0. The fraction of sp³-hybridized carbons (Fsp3) is 0.364. The van der Waals surface area contributed by atoms with Gasteiger partial charge in [-0.3, -0.25) is 14.5 Å². The molecule has 31 heavy (non-hydrogen) atoms. The Bertz CT molecular complexity index is 1100. The van der Waals surface area contributed by atoms with Crippen molar-refractivity contribution < 1.29 is 18.0 Å². The van der Waals surface area contributed by atoms with Crippen molar-refractivity contribution in [2.24, 2.45) is 5.92 Å². The average molecular weight is 462 g/mol. The van der Waals surface area contributed by atoms with Gasteiger partial charge in [0.1, 0.15) is 0 Å². The standard InChI is InChI=1S/C22H24ClN3O4S/c1-16-15-31(29,30)26(21(16)27)18-7-8-19(20(23)13-18)22(28)25-11-9-24(10-12-25)14-17-5-3-2-4-6-17/h2-8,13,16H,9-12,14-15H2,1H3. The molecule has 1 atom stereocenters. The molecule has 2 aromatic rings. The van der Waals surface area contributed by atoms with E-state index in [0.29, 0.717) is 18.7 Å². The van der Waals surface area contributed by atoms with E-state index < -0.39 is 21.8 Å². The second-order valence-corrected chi connectivity index (χ2v) is 10.3. The van der Waals surface area contributed by atoms with E-state index in [0.717, 1.165) is 23.9 Å². The number of nitrogens with zero attached hydrogens (tertiary/aromatic N) is 3. The van der Waals surface area contributed by atoms with E-state index in [1.807, 2.05) is 18.2 Å². The first kappa shape index (κ1) is 21.8. The molecule has 0 aromatic heterocycles. The van der Waals surface area contributed by atoms with E-state index in [-0.39, 0.29) is 22.4 Å². The number of carbonyl (C=O) groups is 2. The first-order chi connectivity index (χ1) is 14.8. The Kier molecular flexibility index (Phi) is 6.05. The second-order valence-electron chi connectivity index (χ2n) is 8.00. The second kappa shape index (κ2) is 8.61. The van der Waals surface area contributed by atoms with Gasteiger partial charge in [-0.15, -0.1) is 0 Å². The predicted octanol–water partition coefficient (Wildman–Crippen LogP) is 2.61. The van der Waals surface area contributed by atoms with Gasteiger partial charge in [0.2, 0.25) is 15.9 Å². The summed E-state index contributed by atoms with van der Waals surface area (Å²) in [5, 5.41) is 0.136. The van der Waals surface area contributed by atoms with Crippen LogP contribution in [-0.2, 0) is 21.4 Å². The molecule has 2 saturated heterocycles. The van der Waals surface area contributed by atoms with Gasteiger partial charge in [0, 0.05) is 32.7 Å². The third-order valence-electron chi connectivity index (χ3n) is 5.69. The van der Waals surface area contributed by atoms with Gasteiger partial charge in [0.25, 0.3) is 5.91 Å². The van der Waals surface area contributed by atoms with Crippen LogP contribution in [0.25, 0.3) is 0 Å². The summed E-state index contributed by atoms with van der Waals surface area (Å²) in [5.41, 5.74) is 1.71. The van der Waals surface area contributed by atoms with Crippen molar-refractivity contribution in [3.63, 3.8) is 0 Å². The van der Waals surface area contributed by atoms with Gasteiger partial charge < -0.3 is 4.90 Å². The summed E-state index contributed by atoms with van der Waals surface area (Å²) in [6, 6.07) is 14.6. The minimum Gasteiger partial charge on any atom is -0.336 e. The average Bonchev–Trinajstić information content (AvgIpc) is 2.95. The number of carbonyl (C=O) groups excluding carboxylic acids is 2. The lowest BCUT2D eigenvalue weighted by Gasteiger charge is -2.35. The van der Waals surface area contributed by atoms with Crippen LogP contribution in [0.4, 0.5) is 5.69 Å². The molecule has 0 N–H and O–H groups in total. The zero-order valence-corrected chi connectivity index (χ0v) is 18.8. The third-order valence-corrected chi connectivity index (χ3v) is 7.87. The van der Waals surface area contributed by atoms with Crippen molar-refractivity contribution in [1.29, 1.82) is 0 Å². The van der Waals surface area contributed by atoms with Crippen LogP contribution in [-0.4, -0.2) is 62.0 Å². The molecule has 0 saturated carbocycles. The van der Waals surface area contributed by atoms with E-state index in [4.69, 9.17) is 11.6 Å². The van der Waals surface area contributed by atoms with Crippen molar-refractivity contribution in [3.05, 3.63) is 64.7 Å². The fourth-order valence-corrected chi connectivity index (χ4v) is 6.08. The van der Waals surface area contributed by atoms with Crippen LogP contribution in [0, 0.1) is 5.92 Å². The van der Waals surface area contributed by atoms with Gasteiger partial charge in [-0.05, 0) is 23.8 Å². The fourth-order valence-electron chi connectivity index (χ4n) is 4.01. The molecule has 0 spiro atoms. The van der Waals surface area contributed by atoms with Crippen molar-refractivity contribution in [2.45, 2.75) is 13.5 Å². The molecule has 2 aliphatic heterocycles. The molecule has 2 aliphatic rings. The van der Waals surface area contributed by atoms with Gasteiger partial charge in [0.15, 0.2) is 0 Å². The lowest BCUT2D eigenvalue weighted by molar-refractivity contribution is -0.119. The lowest BCUT2D eigenvalue weighted by atomic mass is 10.1. The first-order valence-electron chi connectivity index (χ1n) is 10.2. The Balaban J connectivity index is 1.43. The summed E-state index contributed by atoms with van der Waals surface area (Å²) in [4.78, 5) is 29.3. The molecular weight excluding hydrogens is 438 g/mol. The molecule has 2 aromatic carbocycles. The summed E-state index contributed by atoms with van der Waals surface area (Å²) in [6.07, 6.45) is 0.